The van der Waals surface area contributed by atoms with E-state index in [1.54, 1.807) is 29.2 Å². The molecule has 0 unspecified atom stereocenters. The maximum absolute atomic E-state index is 12.8. The highest BCUT2D eigenvalue weighted by atomic mass is 19.4. The Balaban J connectivity index is 1.89. The maximum atomic E-state index is 12.8. The standard InChI is InChI=1S/C18H17F3N2O3/c1-25-11-10-23-16(22-15-5-3-2-4-14(15)17(23)24)12-6-8-13(9-7-12)26-18(19,20)21/h2-9,16,22H,10-11H2,1H3/t16-/m1/s1. The molecule has 1 amide bonds. The van der Waals surface area contributed by atoms with Crippen molar-refractivity contribution in [1.29, 1.82) is 0 Å². The Morgan fingerprint density at radius 2 is 1.81 bits per heavy atom. The highest BCUT2D eigenvalue weighted by Crippen LogP contribution is 2.34. The van der Waals surface area contributed by atoms with Gasteiger partial charge in [0.15, 0.2) is 0 Å². The lowest BCUT2D eigenvalue weighted by atomic mass is 10.0. The molecule has 0 saturated carbocycles. The van der Waals surface area contributed by atoms with E-state index in [0.29, 0.717) is 30.0 Å². The SMILES string of the molecule is COCCN1C(=O)c2ccccc2N[C@H]1c1ccc(OC(F)(F)F)cc1. The van der Waals surface area contributed by atoms with Gasteiger partial charge in [-0.05, 0) is 29.8 Å². The summed E-state index contributed by atoms with van der Waals surface area (Å²) in [7, 11) is 1.54. The van der Waals surface area contributed by atoms with Gasteiger partial charge in [-0.1, -0.05) is 24.3 Å². The van der Waals surface area contributed by atoms with E-state index in [9.17, 15) is 18.0 Å². The number of anilines is 1. The van der Waals surface area contributed by atoms with Gasteiger partial charge in [-0.2, -0.15) is 0 Å². The van der Waals surface area contributed by atoms with Gasteiger partial charge in [0.2, 0.25) is 0 Å². The molecule has 1 aliphatic heterocycles. The number of methoxy groups -OCH3 is 1. The molecule has 0 radical (unpaired) electrons. The zero-order chi connectivity index (χ0) is 18.7. The summed E-state index contributed by atoms with van der Waals surface area (Å²) >= 11 is 0. The summed E-state index contributed by atoms with van der Waals surface area (Å²) in [4.78, 5) is 14.4. The van der Waals surface area contributed by atoms with Crippen LogP contribution >= 0.6 is 0 Å². The predicted octanol–water partition coefficient (Wildman–Crippen LogP) is 3.80. The molecule has 0 saturated heterocycles. The number of carbonyl (C=O) groups excluding carboxylic acids is 1. The number of carbonyl (C=O) groups is 1. The molecule has 0 bridgehead atoms. The van der Waals surface area contributed by atoms with Gasteiger partial charge in [-0.15, -0.1) is 13.2 Å². The van der Waals surface area contributed by atoms with Crippen molar-refractivity contribution >= 4 is 11.6 Å². The number of amides is 1. The topological polar surface area (TPSA) is 50.8 Å². The summed E-state index contributed by atoms with van der Waals surface area (Å²) in [6.45, 7) is 0.670. The normalized spacial score (nSPS) is 16.8. The Morgan fingerprint density at radius 1 is 1.12 bits per heavy atom. The molecule has 0 aliphatic carbocycles. The largest absolute Gasteiger partial charge is 0.573 e. The van der Waals surface area contributed by atoms with Crippen LogP contribution in [0.3, 0.4) is 0 Å². The van der Waals surface area contributed by atoms with Gasteiger partial charge in [0, 0.05) is 19.3 Å². The molecule has 5 nitrogen and oxygen atoms in total. The molecular formula is C18H17F3N2O3. The van der Waals surface area contributed by atoms with Crippen LogP contribution in [-0.4, -0.2) is 37.4 Å². The van der Waals surface area contributed by atoms with Crippen molar-refractivity contribution in [3.05, 3.63) is 59.7 Å². The minimum atomic E-state index is -4.75. The Morgan fingerprint density at radius 3 is 2.46 bits per heavy atom. The van der Waals surface area contributed by atoms with Crippen molar-refractivity contribution in [2.24, 2.45) is 0 Å². The third-order valence-electron chi connectivity index (χ3n) is 3.99. The van der Waals surface area contributed by atoms with Crippen LogP contribution in [0.15, 0.2) is 48.5 Å². The average Bonchev–Trinajstić information content (AvgIpc) is 2.60. The van der Waals surface area contributed by atoms with E-state index in [0.717, 1.165) is 0 Å². The number of hydrogen-bond donors (Lipinski definition) is 1. The number of rotatable bonds is 5. The van der Waals surface area contributed by atoms with Crippen molar-refractivity contribution in [3.8, 4) is 5.75 Å². The molecule has 1 atom stereocenters. The Labute approximate surface area is 148 Å². The monoisotopic (exact) mass is 366 g/mol. The highest BCUT2D eigenvalue weighted by molar-refractivity contribution is 6.01. The first kappa shape index (κ1) is 18.1. The quantitative estimate of drug-likeness (QED) is 0.875. The van der Waals surface area contributed by atoms with Gasteiger partial charge in [-0.3, -0.25) is 4.79 Å². The molecule has 3 rings (SSSR count). The van der Waals surface area contributed by atoms with Crippen molar-refractivity contribution in [2.75, 3.05) is 25.6 Å². The van der Waals surface area contributed by atoms with Gasteiger partial charge in [0.25, 0.3) is 5.91 Å². The number of halogens is 3. The van der Waals surface area contributed by atoms with E-state index in [1.165, 1.54) is 31.4 Å². The fourth-order valence-corrected chi connectivity index (χ4v) is 2.83. The second-order valence-corrected chi connectivity index (χ2v) is 5.70. The number of fused-ring (bicyclic) bond motifs is 1. The molecule has 1 heterocycles. The van der Waals surface area contributed by atoms with E-state index in [1.807, 2.05) is 0 Å². The fourth-order valence-electron chi connectivity index (χ4n) is 2.83. The highest BCUT2D eigenvalue weighted by Gasteiger charge is 2.33. The molecule has 0 spiro atoms. The zero-order valence-corrected chi connectivity index (χ0v) is 13.9. The Bertz CT molecular complexity index is 778. The van der Waals surface area contributed by atoms with Crippen LogP contribution in [0, 0.1) is 0 Å². The van der Waals surface area contributed by atoms with Crippen molar-refractivity contribution in [3.63, 3.8) is 0 Å². The lowest BCUT2D eigenvalue weighted by Gasteiger charge is -2.38. The molecule has 2 aromatic rings. The summed E-state index contributed by atoms with van der Waals surface area (Å²) in [5, 5.41) is 3.26. The minimum absolute atomic E-state index is 0.169. The van der Waals surface area contributed by atoms with Crippen LogP contribution in [0.25, 0.3) is 0 Å². The number of hydrogen-bond acceptors (Lipinski definition) is 4. The first-order valence-corrected chi connectivity index (χ1v) is 7.90. The van der Waals surface area contributed by atoms with Crippen LogP contribution in [-0.2, 0) is 4.74 Å². The van der Waals surface area contributed by atoms with Crippen LogP contribution in [0.2, 0.25) is 0 Å². The number of alkyl halides is 3. The molecule has 2 aromatic carbocycles. The van der Waals surface area contributed by atoms with Crippen LogP contribution in [0.1, 0.15) is 22.1 Å². The molecular weight excluding hydrogens is 349 g/mol. The third kappa shape index (κ3) is 3.91. The summed E-state index contributed by atoms with van der Waals surface area (Å²) in [6.07, 6.45) is -5.27. The van der Waals surface area contributed by atoms with E-state index in [2.05, 4.69) is 10.1 Å². The zero-order valence-electron chi connectivity index (χ0n) is 13.9. The first-order valence-electron chi connectivity index (χ1n) is 7.90. The smallest absolute Gasteiger partial charge is 0.406 e. The number of para-hydroxylation sites is 1. The average molecular weight is 366 g/mol. The van der Waals surface area contributed by atoms with Crippen LogP contribution in [0.4, 0.5) is 18.9 Å². The van der Waals surface area contributed by atoms with E-state index < -0.39 is 12.5 Å². The van der Waals surface area contributed by atoms with Gasteiger partial charge in [0.1, 0.15) is 11.9 Å². The van der Waals surface area contributed by atoms with E-state index >= 15 is 0 Å². The Kier molecular flexibility index (Phi) is 5.03. The lowest BCUT2D eigenvalue weighted by Crippen LogP contribution is -2.44. The lowest BCUT2D eigenvalue weighted by molar-refractivity contribution is -0.274. The second kappa shape index (κ2) is 7.25. The molecule has 138 valence electrons. The van der Waals surface area contributed by atoms with E-state index in [4.69, 9.17) is 4.74 Å². The van der Waals surface area contributed by atoms with Crippen molar-refractivity contribution in [2.45, 2.75) is 12.5 Å². The van der Waals surface area contributed by atoms with Crippen molar-refractivity contribution < 1.29 is 27.4 Å². The number of ether oxygens (including phenoxy) is 2. The second-order valence-electron chi connectivity index (χ2n) is 5.70. The molecule has 8 heteroatoms. The minimum Gasteiger partial charge on any atom is -0.406 e. The maximum Gasteiger partial charge on any atom is 0.573 e. The van der Waals surface area contributed by atoms with Gasteiger partial charge in [0.05, 0.1) is 12.2 Å². The third-order valence-corrected chi connectivity index (χ3v) is 3.99. The fraction of sp³-hybridized carbons (Fsp3) is 0.278. The van der Waals surface area contributed by atoms with E-state index in [-0.39, 0.29) is 11.7 Å². The van der Waals surface area contributed by atoms with Crippen LogP contribution in [0.5, 0.6) is 5.75 Å². The van der Waals surface area contributed by atoms with Gasteiger partial charge >= 0.3 is 6.36 Å². The van der Waals surface area contributed by atoms with Gasteiger partial charge in [-0.25, -0.2) is 0 Å². The number of benzene rings is 2. The van der Waals surface area contributed by atoms with Crippen molar-refractivity contribution in [1.82, 2.24) is 4.90 Å². The summed E-state index contributed by atoms with van der Waals surface area (Å²) in [5.74, 6) is -0.482. The van der Waals surface area contributed by atoms with Gasteiger partial charge < -0.3 is 19.7 Å². The first-order chi connectivity index (χ1) is 12.4. The Hall–Kier alpha value is -2.74. The predicted molar refractivity (Wildman–Crippen MR) is 88.8 cm³/mol. The molecule has 1 aliphatic rings. The molecule has 26 heavy (non-hydrogen) atoms. The molecule has 1 N–H and O–H groups in total. The summed E-state index contributed by atoms with van der Waals surface area (Å²) < 4.78 is 45.9. The molecule has 0 fully saturated rings. The van der Waals surface area contributed by atoms with Crippen LogP contribution < -0.4 is 10.1 Å². The number of nitrogens with zero attached hydrogens (tertiary/aromatic N) is 1. The summed E-state index contributed by atoms with van der Waals surface area (Å²) in [5.41, 5.74) is 1.85. The molecule has 0 aromatic heterocycles. The number of nitrogens with one attached hydrogen (secondary N) is 1. The summed E-state index contributed by atoms with van der Waals surface area (Å²) in [6, 6.07) is 12.5.